The van der Waals surface area contributed by atoms with Crippen molar-refractivity contribution in [1.82, 2.24) is 9.55 Å². The molecule has 1 aromatic carbocycles. The second kappa shape index (κ2) is 5.18. The molecule has 3 atom stereocenters. The number of benzene rings is 1. The average molecular weight is 309 g/mol. The number of hydrogen-bond donors (Lipinski definition) is 0. The molecule has 0 aliphatic carbocycles. The first-order chi connectivity index (χ1) is 9.97. The van der Waals surface area contributed by atoms with Crippen molar-refractivity contribution in [3.05, 3.63) is 24.0 Å². The van der Waals surface area contributed by atoms with E-state index in [1.807, 2.05) is 25.1 Å². The number of halogens is 1. The topological polar surface area (TPSA) is 36.3 Å². The first kappa shape index (κ1) is 14.7. The number of fused-ring (bicyclic) bond motifs is 1. The van der Waals surface area contributed by atoms with Crippen molar-refractivity contribution >= 4 is 22.6 Å². The fourth-order valence-corrected chi connectivity index (χ4v) is 3.27. The van der Waals surface area contributed by atoms with Crippen LogP contribution in [0.1, 0.15) is 38.4 Å². The number of alkyl halides is 1. The van der Waals surface area contributed by atoms with Crippen molar-refractivity contribution in [2.24, 2.45) is 0 Å². The summed E-state index contributed by atoms with van der Waals surface area (Å²) in [5.74, 6) is 1.72. The van der Waals surface area contributed by atoms with Gasteiger partial charge in [-0.15, -0.1) is 11.6 Å². The Labute approximate surface area is 130 Å². The van der Waals surface area contributed by atoms with Gasteiger partial charge in [-0.25, -0.2) is 4.98 Å². The SMILES string of the molecule is COc1ccc2nc(C(C)Cl)n(C3(C)CCOC3C)c2c1. The third-order valence-electron chi connectivity index (χ3n) is 4.61. The van der Waals surface area contributed by atoms with Crippen LogP contribution >= 0.6 is 11.6 Å². The summed E-state index contributed by atoms with van der Waals surface area (Å²) < 4.78 is 13.4. The molecular weight excluding hydrogens is 288 g/mol. The highest BCUT2D eigenvalue weighted by atomic mass is 35.5. The van der Waals surface area contributed by atoms with Crippen molar-refractivity contribution in [1.29, 1.82) is 0 Å². The number of ether oxygens (including phenoxy) is 2. The number of imidazole rings is 1. The lowest BCUT2D eigenvalue weighted by atomic mass is 9.93. The molecule has 0 bridgehead atoms. The maximum Gasteiger partial charge on any atom is 0.128 e. The molecule has 1 saturated heterocycles. The van der Waals surface area contributed by atoms with E-state index in [0.29, 0.717) is 0 Å². The summed E-state index contributed by atoms with van der Waals surface area (Å²) in [6.07, 6.45) is 1.07. The van der Waals surface area contributed by atoms with Crippen molar-refractivity contribution in [3.63, 3.8) is 0 Å². The molecule has 0 spiro atoms. The highest BCUT2D eigenvalue weighted by Gasteiger charge is 2.41. The fraction of sp³-hybridized carbons (Fsp3) is 0.562. The molecule has 5 heteroatoms. The van der Waals surface area contributed by atoms with Gasteiger partial charge < -0.3 is 14.0 Å². The third kappa shape index (κ3) is 2.21. The Morgan fingerprint density at radius 1 is 1.52 bits per heavy atom. The second-order valence-electron chi connectivity index (χ2n) is 5.90. The van der Waals surface area contributed by atoms with Gasteiger partial charge in [0, 0.05) is 12.7 Å². The molecule has 21 heavy (non-hydrogen) atoms. The van der Waals surface area contributed by atoms with Crippen molar-refractivity contribution in [2.45, 2.75) is 44.2 Å². The number of aromatic nitrogens is 2. The number of hydrogen-bond acceptors (Lipinski definition) is 3. The predicted molar refractivity (Wildman–Crippen MR) is 84.2 cm³/mol. The quantitative estimate of drug-likeness (QED) is 0.808. The summed E-state index contributed by atoms with van der Waals surface area (Å²) in [5, 5.41) is -0.159. The Bertz CT molecular complexity index is 668. The van der Waals surface area contributed by atoms with Crippen molar-refractivity contribution in [2.75, 3.05) is 13.7 Å². The molecule has 1 aromatic heterocycles. The normalized spacial score (nSPS) is 27.2. The molecule has 1 aliphatic rings. The van der Waals surface area contributed by atoms with Gasteiger partial charge in [-0.2, -0.15) is 0 Å². The summed E-state index contributed by atoms with van der Waals surface area (Å²) in [6.45, 7) is 7.05. The summed E-state index contributed by atoms with van der Waals surface area (Å²) >= 11 is 6.39. The number of methoxy groups -OCH3 is 1. The lowest BCUT2D eigenvalue weighted by Gasteiger charge is -2.32. The smallest absolute Gasteiger partial charge is 0.128 e. The van der Waals surface area contributed by atoms with Crippen LogP contribution in [0.25, 0.3) is 11.0 Å². The fourth-order valence-electron chi connectivity index (χ4n) is 3.12. The molecule has 4 nitrogen and oxygen atoms in total. The maximum atomic E-state index is 6.39. The van der Waals surface area contributed by atoms with Crippen LogP contribution in [0.3, 0.4) is 0 Å². The van der Waals surface area contributed by atoms with E-state index in [0.717, 1.165) is 35.6 Å². The molecule has 0 amide bonds. The molecule has 3 rings (SSSR count). The van der Waals surface area contributed by atoms with E-state index in [1.54, 1.807) is 7.11 Å². The molecule has 0 saturated carbocycles. The Morgan fingerprint density at radius 2 is 2.29 bits per heavy atom. The van der Waals surface area contributed by atoms with Gasteiger partial charge in [0.1, 0.15) is 11.6 Å². The minimum Gasteiger partial charge on any atom is -0.497 e. The first-order valence-electron chi connectivity index (χ1n) is 7.30. The van der Waals surface area contributed by atoms with Crippen LogP contribution in [-0.2, 0) is 10.3 Å². The van der Waals surface area contributed by atoms with Gasteiger partial charge in [-0.3, -0.25) is 0 Å². The Hall–Kier alpha value is -1.26. The van der Waals surface area contributed by atoms with Gasteiger partial charge in [0.25, 0.3) is 0 Å². The molecule has 114 valence electrons. The highest BCUT2D eigenvalue weighted by molar-refractivity contribution is 6.20. The van der Waals surface area contributed by atoms with E-state index in [4.69, 9.17) is 26.1 Å². The molecule has 0 radical (unpaired) electrons. The zero-order valence-corrected chi connectivity index (χ0v) is 13.6. The summed E-state index contributed by atoms with van der Waals surface area (Å²) in [7, 11) is 1.68. The highest BCUT2D eigenvalue weighted by Crippen LogP contribution is 2.40. The Balaban J connectivity index is 2.29. The Kier molecular flexibility index (Phi) is 3.62. The van der Waals surface area contributed by atoms with E-state index in [1.165, 1.54) is 0 Å². The van der Waals surface area contributed by atoms with Gasteiger partial charge in [0.05, 0.1) is 35.2 Å². The standard InChI is InChI=1S/C16H21ClN2O2/c1-10(17)15-18-13-6-5-12(20-4)9-14(13)19(15)16(3)7-8-21-11(16)2/h5-6,9-11H,7-8H2,1-4H3. The molecule has 2 aromatic rings. The van der Waals surface area contributed by atoms with E-state index < -0.39 is 0 Å². The average Bonchev–Trinajstić information content (AvgIpc) is 3.00. The lowest BCUT2D eigenvalue weighted by molar-refractivity contribution is 0.0763. The van der Waals surface area contributed by atoms with Crippen molar-refractivity contribution in [3.8, 4) is 5.75 Å². The molecule has 2 heterocycles. The number of rotatable bonds is 3. The summed E-state index contributed by atoms with van der Waals surface area (Å²) in [4.78, 5) is 4.73. The van der Waals surface area contributed by atoms with E-state index in [9.17, 15) is 0 Å². The molecule has 3 unspecified atom stereocenters. The largest absolute Gasteiger partial charge is 0.497 e. The zero-order valence-electron chi connectivity index (χ0n) is 12.9. The minimum absolute atomic E-state index is 0.121. The minimum atomic E-state index is -0.159. The van der Waals surface area contributed by atoms with Crippen LogP contribution in [0.5, 0.6) is 5.75 Å². The predicted octanol–water partition coefficient (Wildman–Crippen LogP) is 3.87. The molecular formula is C16H21ClN2O2. The van der Waals surface area contributed by atoms with Gasteiger partial charge >= 0.3 is 0 Å². The van der Waals surface area contributed by atoms with Crippen LogP contribution in [0.2, 0.25) is 0 Å². The van der Waals surface area contributed by atoms with Crippen LogP contribution in [0.15, 0.2) is 18.2 Å². The molecule has 1 aliphatic heterocycles. The maximum absolute atomic E-state index is 6.39. The number of nitrogens with zero attached hydrogens (tertiary/aromatic N) is 2. The van der Waals surface area contributed by atoms with E-state index >= 15 is 0 Å². The van der Waals surface area contributed by atoms with E-state index in [-0.39, 0.29) is 17.0 Å². The Morgan fingerprint density at radius 3 is 2.86 bits per heavy atom. The third-order valence-corrected chi connectivity index (χ3v) is 4.80. The van der Waals surface area contributed by atoms with Gasteiger partial charge in [-0.1, -0.05) is 0 Å². The van der Waals surface area contributed by atoms with E-state index in [2.05, 4.69) is 18.4 Å². The first-order valence-corrected chi connectivity index (χ1v) is 7.73. The zero-order chi connectivity index (χ0) is 15.2. The lowest BCUT2D eigenvalue weighted by Crippen LogP contribution is -2.38. The van der Waals surface area contributed by atoms with Gasteiger partial charge in [-0.05, 0) is 39.3 Å². The second-order valence-corrected chi connectivity index (χ2v) is 6.55. The molecule has 0 N–H and O–H groups in total. The molecule has 1 fully saturated rings. The summed E-state index contributed by atoms with van der Waals surface area (Å²) in [6, 6.07) is 5.94. The van der Waals surface area contributed by atoms with Gasteiger partial charge in [0.15, 0.2) is 0 Å². The van der Waals surface area contributed by atoms with Crippen LogP contribution < -0.4 is 4.74 Å². The van der Waals surface area contributed by atoms with Gasteiger partial charge in [0.2, 0.25) is 0 Å². The van der Waals surface area contributed by atoms with Crippen LogP contribution in [-0.4, -0.2) is 29.4 Å². The van der Waals surface area contributed by atoms with Crippen LogP contribution in [0.4, 0.5) is 0 Å². The monoisotopic (exact) mass is 308 g/mol. The van der Waals surface area contributed by atoms with Crippen LogP contribution in [0, 0.1) is 0 Å². The van der Waals surface area contributed by atoms with Crippen molar-refractivity contribution < 1.29 is 9.47 Å². The summed E-state index contributed by atoms with van der Waals surface area (Å²) in [5.41, 5.74) is 1.86.